The van der Waals surface area contributed by atoms with E-state index in [0.717, 1.165) is 25.7 Å². The van der Waals surface area contributed by atoms with Crippen LogP contribution in [0.15, 0.2) is 0 Å². The van der Waals surface area contributed by atoms with Crippen molar-refractivity contribution in [2.45, 2.75) is 38.3 Å². The fourth-order valence-electron chi connectivity index (χ4n) is 1.05. The van der Waals surface area contributed by atoms with Crippen LogP contribution < -0.4 is 0 Å². The van der Waals surface area contributed by atoms with Gasteiger partial charge in [0.25, 0.3) is 0 Å². The Bertz CT molecular complexity index is 46.1. The minimum absolute atomic E-state index is 0.464. The van der Waals surface area contributed by atoms with Gasteiger partial charge in [0, 0.05) is 0 Å². The van der Waals surface area contributed by atoms with Crippen LogP contribution in [0.25, 0.3) is 0 Å². The third-order valence-corrected chi connectivity index (χ3v) is 1.53. The van der Waals surface area contributed by atoms with Crippen LogP contribution >= 0.6 is 0 Å². The van der Waals surface area contributed by atoms with Crippen molar-refractivity contribution in [3.8, 4) is 0 Å². The van der Waals surface area contributed by atoms with Crippen LogP contribution in [0.5, 0.6) is 0 Å². The first-order valence-electron chi connectivity index (χ1n) is 3.03. The number of halogens is 1. The van der Waals surface area contributed by atoms with Crippen molar-refractivity contribution in [2.24, 2.45) is 0 Å². The van der Waals surface area contributed by atoms with Crippen LogP contribution in [-0.2, 0) is 0 Å². The van der Waals surface area contributed by atoms with Crippen molar-refractivity contribution in [1.82, 2.24) is 0 Å². The zero-order valence-electron chi connectivity index (χ0n) is 4.49. The first kappa shape index (κ1) is 5.07. The Morgan fingerprint density at radius 1 is 1.00 bits per heavy atom. The molecule has 7 heavy (non-hydrogen) atoms. The van der Waals surface area contributed by atoms with Crippen LogP contribution in [0.3, 0.4) is 0 Å². The van der Waals surface area contributed by atoms with E-state index in [4.69, 9.17) is 0 Å². The molecule has 0 radical (unpaired) electrons. The van der Waals surface area contributed by atoms with E-state index in [1.165, 1.54) is 6.42 Å². The van der Waals surface area contributed by atoms with Crippen molar-refractivity contribution in [3.05, 3.63) is 0 Å². The van der Waals surface area contributed by atoms with Crippen molar-refractivity contribution < 1.29 is 4.39 Å². The molecule has 1 heteroatoms. The number of rotatable bonds is 0. The van der Waals surface area contributed by atoms with Gasteiger partial charge in [-0.05, 0) is 12.8 Å². The molecule has 1 fully saturated rings. The van der Waals surface area contributed by atoms with E-state index in [9.17, 15) is 4.39 Å². The van der Waals surface area contributed by atoms with Gasteiger partial charge in [-0.15, -0.1) is 0 Å². The minimum atomic E-state index is -0.464. The molecular weight excluding hydrogens is 90.1 g/mol. The predicted octanol–water partition coefficient (Wildman–Crippen LogP) is 2.29. The maximum atomic E-state index is 12.2. The molecule has 0 amide bonds. The minimum Gasteiger partial charge on any atom is -0.247 e. The first-order valence-corrected chi connectivity index (χ1v) is 3.03. The van der Waals surface area contributed by atoms with Gasteiger partial charge >= 0.3 is 0 Å². The Labute approximate surface area is 43.7 Å². The van der Waals surface area contributed by atoms with Crippen molar-refractivity contribution in [2.75, 3.05) is 0 Å². The van der Waals surface area contributed by atoms with E-state index in [0.29, 0.717) is 0 Å². The van der Waals surface area contributed by atoms with E-state index in [1.807, 2.05) is 0 Å². The number of hydrogen-bond donors (Lipinski definition) is 0. The summed E-state index contributed by atoms with van der Waals surface area (Å²) < 4.78 is 12.2. The molecule has 0 nitrogen and oxygen atoms in total. The zero-order chi connectivity index (χ0) is 5.11. The molecule has 0 saturated heterocycles. The average Bonchev–Trinajstić information content (AvgIpc) is 1.69. The van der Waals surface area contributed by atoms with Crippen LogP contribution in [0, 0.1) is 0 Å². The van der Waals surface area contributed by atoms with Gasteiger partial charge in [0.05, 0.1) is 0 Å². The summed E-state index contributed by atoms with van der Waals surface area (Å²) in [7, 11) is 0. The Kier molecular flexibility index (Phi) is 1.66. The number of alkyl halides is 1. The lowest BCUT2D eigenvalue weighted by Crippen LogP contribution is -2.04. The third-order valence-electron chi connectivity index (χ3n) is 1.53. The normalized spacial score (nSPS) is 25.3. The summed E-state index contributed by atoms with van der Waals surface area (Å²) in [4.78, 5) is 0. The summed E-state index contributed by atoms with van der Waals surface area (Å²) >= 11 is 0. The maximum absolute atomic E-state index is 12.2. The van der Waals surface area contributed by atoms with E-state index in [2.05, 4.69) is 0 Å². The molecule has 1 aliphatic carbocycles. The highest BCUT2D eigenvalue weighted by Crippen LogP contribution is 2.19. The third kappa shape index (κ3) is 1.46. The first-order chi connectivity index (χ1) is 3.39. The van der Waals surface area contributed by atoms with Gasteiger partial charge in [-0.25, -0.2) is 4.39 Å². The fraction of sp³-hybridized carbons (Fsp3) is 1.00. The molecule has 1 saturated carbocycles. The molecule has 0 aliphatic heterocycles. The SMILES string of the molecule is [18F]C1CCCCC1. The summed E-state index contributed by atoms with van der Waals surface area (Å²) in [5.41, 5.74) is 0. The van der Waals surface area contributed by atoms with Crippen LogP contribution in [-0.4, -0.2) is 6.17 Å². The van der Waals surface area contributed by atoms with Crippen molar-refractivity contribution in [3.63, 3.8) is 0 Å². The molecule has 0 heterocycles. The average molecular weight is 101 g/mol. The highest BCUT2D eigenvalue weighted by atomic mass is 18.2. The van der Waals surface area contributed by atoms with Gasteiger partial charge in [0.2, 0.25) is 0 Å². The largest absolute Gasteiger partial charge is 0.247 e. The van der Waals surface area contributed by atoms with Gasteiger partial charge in [0.1, 0.15) is 6.17 Å². The van der Waals surface area contributed by atoms with Crippen molar-refractivity contribution >= 4 is 0 Å². The quantitative estimate of drug-likeness (QED) is 0.439. The Morgan fingerprint density at radius 3 is 1.86 bits per heavy atom. The lowest BCUT2D eigenvalue weighted by molar-refractivity contribution is 0.251. The lowest BCUT2D eigenvalue weighted by atomic mass is 9.99. The van der Waals surface area contributed by atoms with E-state index in [-0.39, 0.29) is 0 Å². The summed E-state index contributed by atoms with van der Waals surface area (Å²) in [5.74, 6) is 0. The molecule has 1 rings (SSSR count). The molecule has 0 atom stereocenters. The van der Waals surface area contributed by atoms with E-state index < -0.39 is 6.17 Å². The zero-order valence-corrected chi connectivity index (χ0v) is 4.49. The summed E-state index contributed by atoms with van der Waals surface area (Å²) in [6.07, 6.45) is 4.65. The highest BCUT2D eigenvalue weighted by Gasteiger charge is 2.09. The van der Waals surface area contributed by atoms with Gasteiger partial charge in [0.15, 0.2) is 0 Å². The van der Waals surface area contributed by atoms with Gasteiger partial charge < -0.3 is 0 Å². The molecule has 0 aromatic heterocycles. The molecule has 1 aliphatic rings. The van der Waals surface area contributed by atoms with E-state index in [1.54, 1.807) is 0 Å². The molecule has 0 bridgehead atoms. The molecule has 42 valence electrons. The van der Waals surface area contributed by atoms with Crippen LogP contribution in [0.1, 0.15) is 32.1 Å². The van der Waals surface area contributed by atoms with Crippen LogP contribution in [0.2, 0.25) is 0 Å². The molecule has 0 aromatic carbocycles. The highest BCUT2D eigenvalue weighted by molar-refractivity contribution is 4.62. The van der Waals surface area contributed by atoms with Crippen LogP contribution in [0.4, 0.5) is 4.39 Å². The monoisotopic (exact) mass is 101 g/mol. The molecule has 0 aromatic rings. The van der Waals surface area contributed by atoms with Gasteiger partial charge in [-0.3, -0.25) is 0 Å². The van der Waals surface area contributed by atoms with Crippen molar-refractivity contribution in [1.29, 1.82) is 0 Å². The van der Waals surface area contributed by atoms with E-state index >= 15 is 0 Å². The predicted molar refractivity (Wildman–Crippen MR) is 28.0 cm³/mol. The number of hydrogen-bond acceptors (Lipinski definition) is 0. The molecular formula is C6H11F. The molecule has 0 unspecified atom stereocenters. The smallest absolute Gasteiger partial charge is 0.100 e. The molecule has 0 N–H and O–H groups in total. The topological polar surface area (TPSA) is 0 Å². The summed E-state index contributed by atoms with van der Waals surface area (Å²) in [5, 5.41) is 0. The second-order valence-electron chi connectivity index (χ2n) is 2.24. The second-order valence-corrected chi connectivity index (χ2v) is 2.24. The summed E-state index contributed by atoms with van der Waals surface area (Å²) in [6.45, 7) is 0. The molecule has 0 spiro atoms. The fourth-order valence-corrected chi connectivity index (χ4v) is 1.05. The maximum Gasteiger partial charge on any atom is 0.100 e. The Morgan fingerprint density at radius 2 is 1.57 bits per heavy atom. The Hall–Kier alpha value is -0.0700. The van der Waals surface area contributed by atoms with Gasteiger partial charge in [-0.2, -0.15) is 0 Å². The van der Waals surface area contributed by atoms with Gasteiger partial charge in [-0.1, -0.05) is 19.3 Å². The summed E-state index contributed by atoms with van der Waals surface area (Å²) in [6, 6.07) is 0. The lowest BCUT2D eigenvalue weighted by Gasteiger charge is -2.12. The second kappa shape index (κ2) is 2.29. The Balaban J connectivity index is 2.12. The standard InChI is InChI=1S/C6H11F/c7-6-4-2-1-3-5-6/h6H,1-5H2/i7-1.